The van der Waals surface area contributed by atoms with Crippen molar-refractivity contribution in [2.45, 2.75) is 56.9 Å². The van der Waals surface area contributed by atoms with E-state index in [2.05, 4.69) is 6.92 Å². The highest BCUT2D eigenvalue weighted by molar-refractivity contribution is 7.85. The molecule has 7 heteroatoms. The van der Waals surface area contributed by atoms with Crippen LogP contribution in [0.3, 0.4) is 0 Å². The molecule has 0 unspecified atom stereocenters. The van der Waals surface area contributed by atoms with Crippen molar-refractivity contribution in [3.63, 3.8) is 0 Å². The molecule has 0 aliphatic carbocycles. The van der Waals surface area contributed by atoms with Gasteiger partial charge in [0.05, 0.1) is 0 Å². The molecule has 0 bridgehead atoms. The number of furan rings is 1. The van der Waals surface area contributed by atoms with Gasteiger partial charge < -0.3 is 9.62 Å². The first-order chi connectivity index (χ1) is 9.16. The molecule has 0 radical (unpaired) electrons. The lowest BCUT2D eigenvalue weighted by Crippen LogP contribution is -2.33. The van der Waals surface area contributed by atoms with Gasteiger partial charge in [0.1, 0.15) is 11.2 Å². The summed E-state index contributed by atoms with van der Waals surface area (Å²) in [6.07, 6.45) is 5.91. The number of rotatable bonds is 7. The fraction of sp³-hybridized carbons (Fsp3) is 0.615. The van der Waals surface area contributed by atoms with E-state index in [1.807, 2.05) is 13.8 Å². The summed E-state index contributed by atoms with van der Waals surface area (Å²) in [5.41, 5.74) is -0.597. The average molecular weight is 303 g/mol. The zero-order chi connectivity index (χ0) is 15.4. The third-order valence-electron chi connectivity index (χ3n) is 3.13. The van der Waals surface area contributed by atoms with E-state index in [0.717, 1.165) is 42.8 Å². The van der Waals surface area contributed by atoms with Crippen LogP contribution in [0.4, 0.5) is 0 Å². The SMILES string of the molecule is CCCCCC(C)(C)[N+]([O-])=Cc1cc(S(=O)(=O)O)co1. The second-order valence-corrected chi connectivity index (χ2v) is 6.81. The maximum absolute atomic E-state index is 12.1. The zero-order valence-electron chi connectivity index (χ0n) is 12.0. The van der Waals surface area contributed by atoms with Gasteiger partial charge in [-0.3, -0.25) is 4.55 Å². The van der Waals surface area contributed by atoms with Crippen molar-refractivity contribution < 1.29 is 22.1 Å². The van der Waals surface area contributed by atoms with Crippen LogP contribution in [0.5, 0.6) is 0 Å². The lowest BCUT2D eigenvalue weighted by atomic mass is 9.97. The third-order valence-corrected chi connectivity index (χ3v) is 3.94. The van der Waals surface area contributed by atoms with Crippen LogP contribution >= 0.6 is 0 Å². The molecule has 0 amide bonds. The number of hydrogen-bond donors (Lipinski definition) is 1. The smallest absolute Gasteiger partial charge is 0.297 e. The maximum atomic E-state index is 12.1. The van der Waals surface area contributed by atoms with Crippen LogP contribution in [0.2, 0.25) is 0 Å². The first-order valence-electron chi connectivity index (χ1n) is 6.54. The summed E-state index contributed by atoms with van der Waals surface area (Å²) in [4.78, 5) is -0.360. The second-order valence-electron chi connectivity index (χ2n) is 5.38. The predicted molar refractivity (Wildman–Crippen MR) is 75.5 cm³/mol. The maximum Gasteiger partial charge on any atom is 0.297 e. The van der Waals surface area contributed by atoms with Gasteiger partial charge in [0.15, 0.2) is 11.3 Å². The monoisotopic (exact) mass is 303 g/mol. The molecule has 1 aromatic rings. The standard InChI is InChI=1S/C13H21NO5S/c1-4-5-6-7-13(2,3)14(15)9-11-8-12(10-19-11)20(16,17)18/h8-10H,4-7H2,1-3H3,(H,16,17,18). The Morgan fingerprint density at radius 3 is 2.60 bits per heavy atom. The molecule has 0 saturated heterocycles. The summed E-state index contributed by atoms with van der Waals surface area (Å²) < 4.78 is 36.3. The highest BCUT2D eigenvalue weighted by Gasteiger charge is 2.26. The Bertz CT molecular complexity index is 571. The molecule has 114 valence electrons. The zero-order valence-corrected chi connectivity index (χ0v) is 12.8. The second kappa shape index (κ2) is 6.41. The molecule has 20 heavy (non-hydrogen) atoms. The highest BCUT2D eigenvalue weighted by Crippen LogP contribution is 2.19. The molecule has 1 rings (SSSR count). The van der Waals surface area contributed by atoms with E-state index in [0.29, 0.717) is 0 Å². The van der Waals surface area contributed by atoms with Crippen LogP contribution in [0.25, 0.3) is 0 Å². The van der Waals surface area contributed by atoms with Gasteiger partial charge in [-0.25, -0.2) is 4.74 Å². The van der Waals surface area contributed by atoms with Crippen molar-refractivity contribution in [3.8, 4) is 0 Å². The van der Waals surface area contributed by atoms with Crippen LogP contribution in [0.15, 0.2) is 21.6 Å². The largest absolute Gasteiger partial charge is 0.623 e. The van der Waals surface area contributed by atoms with Crippen molar-refractivity contribution in [2.75, 3.05) is 0 Å². The third kappa shape index (κ3) is 4.64. The lowest BCUT2D eigenvalue weighted by molar-refractivity contribution is -0.537. The van der Waals surface area contributed by atoms with Crippen molar-refractivity contribution in [3.05, 3.63) is 23.3 Å². The van der Waals surface area contributed by atoms with E-state index in [9.17, 15) is 13.6 Å². The van der Waals surface area contributed by atoms with Crippen LogP contribution in [0, 0.1) is 5.21 Å². The normalized spacial score (nSPS) is 13.7. The summed E-state index contributed by atoms with van der Waals surface area (Å²) >= 11 is 0. The Morgan fingerprint density at radius 1 is 1.45 bits per heavy atom. The van der Waals surface area contributed by atoms with Crippen LogP contribution in [-0.2, 0) is 10.1 Å². The molecule has 0 atom stereocenters. The number of nitrogens with zero attached hydrogens (tertiary/aromatic N) is 1. The lowest BCUT2D eigenvalue weighted by Gasteiger charge is -2.23. The minimum Gasteiger partial charge on any atom is -0.623 e. The van der Waals surface area contributed by atoms with Crippen molar-refractivity contribution in [2.24, 2.45) is 0 Å². The molecule has 6 nitrogen and oxygen atoms in total. The van der Waals surface area contributed by atoms with Gasteiger partial charge in [0.25, 0.3) is 10.1 Å². The number of hydroxylamine groups is 1. The molecule has 1 N–H and O–H groups in total. The predicted octanol–water partition coefficient (Wildman–Crippen LogP) is 2.81. The Balaban J connectivity index is 2.85. The fourth-order valence-corrected chi connectivity index (χ4v) is 2.18. The van der Waals surface area contributed by atoms with E-state index in [-0.39, 0.29) is 10.7 Å². The summed E-state index contributed by atoms with van der Waals surface area (Å²) in [7, 11) is -4.31. The van der Waals surface area contributed by atoms with E-state index < -0.39 is 15.7 Å². The molecular formula is C13H21NO5S. The summed E-state index contributed by atoms with van der Waals surface area (Å²) in [5, 5.41) is 12.1. The summed E-state index contributed by atoms with van der Waals surface area (Å²) in [6.45, 7) is 5.73. The molecule has 0 aromatic carbocycles. The van der Waals surface area contributed by atoms with E-state index >= 15 is 0 Å². The van der Waals surface area contributed by atoms with Crippen molar-refractivity contribution in [1.82, 2.24) is 0 Å². The summed E-state index contributed by atoms with van der Waals surface area (Å²) in [5.74, 6) is 0.0937. The van der Waals surface area contributed by atoms with Gasteiger partial charge in [0.2, 0.25) is 6.21 Å². The Labute approximate surface area is 119 Å². The Kier molecular flexibility index (Phi) is 5.35. The van der Waals surface area contributed by atoms with Gasteiger partial charge >= 0.3 is 0 Å². The number of unbranched alkanes of at least 4 members (excludes halogenated alkanes) is 2. The average Bonchev–Trinajstić information content (AvgIpc) is 2.77. The number of hydrogen-bond acceptors (Lipinski definition) is 4. The summed E-state index contributed by atoms with van der Waals surface area (Å²) in [6, 6.07) is 1.11. The van der Waals surface area contributed by atoms with Gasteiger partial charge in [0, 0.05) is 26.3 Å². The van der Waals surface area contributed by atoms with Crippen LogP contribution in [-0.4, -0.2) is 29.5 Å². The van der Waals surface area contributed by atoms with Gasteiger partial charge in [-0.1, -0.05) is 19.8 Å². The molecule has 0 aliphatic rings. The van der Waals surface area contributed by atoms with Crippen LogP contribution < -0.4 is 0 Å². The molecule has 0 fully saturated rings. The van der Waals surface area contributed by atoms with E-state index in [4.69, 9.17) is 8.97 Å². The first-order valence-corrected chi connectivity index (χ1v) is 7.98. The fourth-order valence-electron chi connectivity index (χ4n) is 1.75. The minimum absolute atomic E-state index is 0.0937. The van der Waals surface area contributed by atoms with Crippen LogP contribution in [0.1, 0.15) is 52.2 Å². The molecule has 0 spiro atoms. The minimum atomic E-state index is -4.31. The molecule has 1 aromatic heterocycles. The molecule has 1 heterocycles. The van der Waals surface area contributed by atoms with Gasteiger partial charge in [-0.15, -0.1) is 0 Å². The molecular weight excluding hydrogens is 282 g/mol. The molecule has 0 saturated carbocycles. The topological polar surface area (TPSA) is 93.6 Å². The van der Waals surface area contributed by atoms with Gasteiger partial charge in [-0.2, -0.15) is 8.42 Å². The quantitative estimate of drug-likeness (QED) is 0.209. The van der Waals surface area contributed by atoms with Gasteiger partial charge in [-0.05, 0) is 6.42 Å². The molecule has 0 aliphatic heterocycles. The van der Waals surface area contributed by atoms with E-state index in [1.54, 1.807) is 0 Å². The first kappa shape index (κ1) is 16.7. The van der Waals surface area contributed by atoms with Crippen molar-refractivity contribution in [1.29, 1.82) is 0 Å². The highest BCUT2D eigenvalue weighted by atomic mass is 32.2. The Morgan fingerprint density at radius 2 is 2.10 bits per heavy atom. The Hall–Kier alpha value is -1.34. The van der Waals surface area contributed by atoms with E-state index in [1.165, 1.54) is 6.21 Å². The van der Waals surface area contributed by atoms with Crippen molar-refractivity contribution >= 4 is 16.3 Å².